The first kappa shape index (κ1) is 13.2. The number of aliphatic hydroxyl groups is 2. The Morgan fingerprint density at radius 3 is 1.38 bits per heavy atom. The Hall–Kier alpha value is 0.230. The van der Waals surface area contributed by atoms with Gasteiger partial charge in [-0.15, -0.1) is 0 Å². The molecule has 80 valence electrons. The van der Waals surface area contributed by atoms with Crippen molar-refractivity contribution in [3.05, 3.63) is 0 Å². The molecule has 0 aliphatic heterocycles. The molecule has 0 rings (SSSR count). The average molecular weight is 208 g/mol. The zero-order chi connectivity index (χ0) is 11.1. The fraction of sp³-hybridized carbons (Fsp3) is 1.00. The predicted octanol–water partition coefficient (Wildman–Crippen LogP) is 0.470. The quantitative estimate of drug-likeness (QED) is 0.358. The molecule has 0 saturated heterocycles. The van der Waals surface area contributed by atoms with Gasteiger partial charge in [-0.3, -0.25) is 0 Å². The maximum Gasteiger partial charge on any atom is 0.209 e. The molecule has 4 heteroatoms. The van der Waals surface area contributed by atoms with E-state index < -0.39 is 16.6 Å². The van der Waals surface area contributed by atoms with E-state index in [4.69, 9.17) is 0 Å². The van der Waals surface area contributed by atoms with Gasteiger partial charge in [0.2, 0.25) is 6.29 Å². The fourth-order valence-corrected chi connectivity index (χ4v) is 1.90. The molecule has 0 aliphatic rings. The van der Waals surface area contributed by atoms with Crippen molar-refractivity contribution in [1.29, 1.82) is 0 Å². The molecule has 0 bridgehead atoms. The summed E-state index contributed by atoms with van der Waals surface area (Å²) in [7, 11) is 5.78. The van der Waals surface area contributed by atoms with Crippen LogP contribution in [0.15, 0.2) is 0 Å². The average Bonchev–Trinajstić information content (AvgIpc) is 1.80. The molecule has 0 saturated carbocycles. The minimum Gasteiger partial charge on any atom is -0.363 e. The van der Waals surface area contributed by atoms with Gasteiger partial charge in [-0.2, -0.15) is 12.6 Å². The van der Waals surface area contributed by atoms with Crippen LogP contribution in [0.25, 0.3) is 0 Å². The van der Waals surface area contributed by atoms with Crippen molar-refractivity contribution in [2.75, 3.05) is 21.1 Å². The number of hydrogen-bond acceptors (Lipinski definition) is 3. The summed E-state index contributed by atoms with van der Waals surface area (Å²) in [6.07, 6.45) is -1.39. The highest BCUT2D eigenvalue weighted by Crippen LogP contribution is 2.37. The highest BCUT2D eigenvalue weighted by atomic mass is 32.1. The summed E-state index contributed by atoms with van der Waals surface area (Å²) in [6.45, 7) is 5.60. The second kappa shape index (κ2) is 3.42. The van der Waals surface area contributed by atoms with E-state index in [-0.39, 0.29) is 0 Å². The molecule has 0 heterocycles. The lowest BCUT2D eigenvalue weighted by molar-refractivity contribution is -0.932. The summed E-state index contributed by atoms with van der Waals surface area (Å²) in [5.41, 5.74) is -0.712. The Morgan fingerprint density at radius 1 is 1.08 bits per heavy atom. The summed E-state index contributed by atoms with van der Waals surface area (Å²) in [5, 5.41) is 18.9. The number of thiol groups is 1. The smallest absolute Gasteiger partial charge is 0.209 e. The standard InChI is InChI=1S/C9H21NO2S/c1-8(2,13)9(3,7(11)12)10(4,5)6/h7,11-12H,1-6H3/p+1. The number of aliphatic hydroxyl groups excluding tert-OH is 1. The van der Waals surface area contributed by atoms with E-state index in [1.54, 1.807) is 0 Å². The zero-order valence-electron chi connectivity index (χ0n) is 9.37. The number of likely N-dealkylation sites (N-methyl/N-ethyl adjacent to an activating group) is 1. The monoisotopic (exact) mass is 208 g/mol. The molecule has 0 radical (unpaired) electrons. The van der Waals surface area contributed by atoms with E-state index in [2.05, 4.69) is 12.6 Å². The Bertz CT molecular complexity index is 165. The summed E-state index contributed by atoms with van der Waals surface area (Å²) in [4.78, 5) is 0. The Labute approximate surface area is 86.4 Å². The number of quaternary nitrogens is 1. The first-order valence-electron chi connectivity index (χ1n) is 4.34. The van der Waals surface area contributed by atoms with Crippen LogP contribution >= 0.6 is 12.6 Å². The van der Waals surface area contributed by atoms with E-state index >= 15 is 0 Å². The highest BCUT2D eigenvalue weighted by Gasteiger charge is 2.54. The Balaban J connectivity index is 5.22. The third-order valence-electron chi connectivity index (χ3n) is 3.13. The summed E-state index contributed by atoms with van der Waals surface area (Å²) in [6, 6.07) is 0. The molecule has 0 aromatic rings. The van der Waals surface area contributed by atoms with Crippen molar-refractivity contribution in [2.24, 2.45) is 0 Å². The third-order valence-corrected chi connectivity index (χ3v) is 3.59. The summed E-state index contributed by atoms with van der Waals surface area (Å²) < 4.78 is -0.0272. The van der Waals surface area contributed by atoms with Gasteiger partial charge in [0.15, 0.2) is 5.54 Å². The van der Waals surface area contributed by atoms with Crippen LogP contribution in [0.5, 0.6) is 0 Å². The third kappa shape index (κ3) is 2.18. The van der Waals surface area contributed by atoms with Gasteiger partial charge in [0, 0.05) is 0 Å². The molecule has 0 aromatic carbocycles. The second-order valence-electron chi connectivity index (χ2n) is 5.09. The lowest BCUT2D eigenvalue weighted by Crippen LogP contribution is -2.70. The molecule has 1 atom stereocenters. The molecule has 0 fully saturated rings. The highest BCUT2D eigenvalue weighted by molar-refractivity contribution is 7.81. The van der Waals surface area contributed by atoms with Gasteiger partial charge in [0.25, 0.3) is 0 Å². The van der Waals surface area contributed by atoms with Crippen LogP contribution in [0.2, 0.25) is 0 Å². The van der Waals surface area contributed by atoms with Crippen molar-refractivity contribution in [2.45, 2.75) is 37.3 Å². The van der Waals surface area contributed by atoms with Crippen LogP contribution in [0, 0.1) is 0 Å². The molecule has 0 spiro atoms. The SMILES string of the molecule is CC(C)(S)C(C)(C(O)O)[N+](C)(C)C. The summed E-state index contributed by atoms with van der Waals surface area (Å²) >= 11 is 4.43. The first-order valence-corrected chi connectivity index (χ1v) is 4.79. The van der Waals surface area contributed by atoms with Crippen LogP contribution in [-0.2, 0) is 0 Å². The maximum absolute atomic E-state index is 9.43. The van der Waals surface area contributed by atoms with Crippen LogP contribution in [0.1, 0.15) is 20.8 Å². The van der Waals surface area contributed by atoms with Crippen molar-refractivity contribution in [1.82, 2.24) is 0 Å². The van der Waals surface area contributed by atoms with Crippen molar-refractivity contribution in [3.63, 3.8) is 0 Å². The second-order valence-corrected chi connectivity index (χ2v) is 6.21. The van der Waals surface area contributed by atoms with E-state index in [9.17, 15) is 10.2 Å². The van der Waals surface area contributed by atoms with Crippen molar-refractivity contribution < 1.29 is 14.7 Å². The molecule has 0 aliphatic carbocycles. The van der Waals surface area contributed by atoms with Gasteiger partial charge in [-0.25, -0.2) is 0 Å². The predicted molar refractivity (Wildman–Crippen MR) is 57.7 cm³/mol. The van der Waals surface area contributed by atoms with Gasteiger partial charge in [-0.05, 0) is 20.8 Å². The van der Waals surface area contributed by atoms with E-state index in [0.29, 0.717) is 4.48 Å². The first-order chi connectivity index (χ1) is 5.44. The molecule has 1 unspecified atom stereocenters. The van der Waals surface area contributed by atoms with Crippen molar-refractivity contribution in [3.8, 4) is 0 Å². The largest absolute Gasteiger partial charge is 0.363 e. The Morgan fingerprint density at radius 2 is 1.38 bits per heavy atom. The van der Waals surface area contributed by atoms with Gasteiger partial charge in [-0.1, -0.05) is 0 Å². The van der Waals surface area contributed by atoms with Crippen LogP contribution < -0.4 is 0 Å². The number of nitrogens with zero attached hydrogens (tertiary/aromatic N) is 1. The van der Waals surface area contributed by atoms with Gasteiger partial charge < -0.3 is 14.7 Å². The van der Waals surface area contributed by atoms with Crippen LogP contribution in [0.3, 0.4) is 0 Å². The van der Waals surface area contributed by atoms with Gasteiger partial charge in [0.1, 0.15) is 0 Å². The van der Waals surface area contributed by atoms with E-state index in [1.807, 2.05) is 41.9 Å². The van der Waals surface area contributed by atoms with Crippen LogP contribution in [0.4, 0.5) is 0 Å². The lowest BCUT2D eigenvalue weighted by atomic mass is 9.83. The molecule has 0 aromatic heterocycles. The van der Waals surface area contributed by atoms with Gasteiger partial charge in [0.05, 0.1) is 25.9 Å². The number of rotatable bonds is 3. The molecule has 3 nitrogen and oxygen atoms in total. The van der Waals surface area contributed by atoms with Crippen molar-refractivity contribution >= 4 is 12.6 Å². The lowest BCUT2D eigenvalue weighted by Gasteiger charge is -2.51. The fourth-order valence-electron chi connectivity index (χ4n) is 1.48. The zero-order valence-corrected chi connectivity index (χ0v) is 10.3. The van der Waals surface area contributed by atoms with Gasteiger partial charge >= 0.3 is 0 Å². The number of hydrogen-bond donors (Lipinski definition) is 3. The molecule has 0 amide bonds. The Kier molecular flexibility index (Phi) is 3.48. The maximum atomic E-state index is 9.43. The molecular formula is C9H22NO2S+. The molecule has 13 heavy (non-hydrogen) atoms. The van der Waals surface area contributed by atoms with E-state index in [0.717, 1.165) is 0 Å². The summed E-state index contributed by atoms with van der Waals surface area (Å²) in [5.74, 6) is 0. The minimum absolute atomic E-state index is 0.446. The minimum atomic E-state index is -1.39. The molecule has 2 N–H and O–H groups in total. The topological polar surface area (TPSA) is 40.5 Å². The molecular weight excluding hydrogens is 186 g/mol. The normalized spacial score (nSPS) is 18.9. The van der Waals surface area contributed by atoms with Crippen LogP contribution in [-0.4, -0.2) is 52.4 Å². The van der Waals surface area contributed by atoms with E-state index in [1.165, 1.54) is 0 Å².